The Hall–Kier alpha value is -2.51. The fraction of sp³-hybridized carbons (Fsp3) is 0.267. The first kappa shape index (κ1) is 14.4. The van der Waals surface area contributed by atoms with Gasteiger partial charge in [0.1, 0.15) is 11.7 Å². The van der Waals surface area contributed by atoms with Crippen molar-refractivity contribution in [1.82, 2.24) is 19.3 Å². The molecular weight excluding hydrogens is 284 g/mol. The van der Waals surface area contributed by atoms with Crippen molar-refractivity contribution >= 4 is 11.0 Å². The molecule has 1 aromatic carbocycles. The second-order valence-corrected chi connectivity index (χ2v) is 4.71. The molecule has 0 saturated carbocycles. The number of benzene rings is 1. The van der Waals surface area contributed by atoms with Gasteiger partial charge in [-0.15, -0.1) is 0 Å². The third-order valence-corrected chi connectivity index (χ3v) is 3.27. The van der Waals surface area contributed by atoms with E-state index in [-0.39, 0.29) is 18.8 Å². The molecule has 0 spiro atoms. The second kappa shape index (κ2) is 6.50. The standard InChI is InChI=1S/C15H16N4O3/c20-7-9-22-8-6-18-11-16-14-13(15(18)21)10-17-19(14)12-4-2-1-3-5-12/h1-5,10-11,20H,6-9H2. The van der Waals surface area contributed by atoms with Gasteiger partial charge in [-0.05, 0) is 12.1 Å². The summed E-state index contributed by atoms with van der Waals surface area (Å²) in [7, 11) is 0. The van der Waals surface area contributed by atoms with Gasteiger partial charge in [0.25, 0.3) is 5.56 Å². The predicted octanol–water partition coefficient (Wildman–Crippen LogP) is 0.591. The lowest BCUT2D eigenvalue weighted by molar-refractivity contribution is 0.0865. The minimum Gasteiger partial charge on any atom is -0.394 e. The van der Waals surface area contributed by atoms with Crippen LogP contribution in [-0.4, -0.2) is 44.3 Å². The lowest BCUT2D eigenvalue weighted by atomic mass is 10.3. The quantitative estimate of drug-likeness (QED) is 0.674. The maximum absolute atomic E-state index is 12.4. The Morgan fingerprint density at radius 3 is 2.77 bits per heavy atom. The van der Waals surface area contributed by atoms with Crippen molar-refractivity contribution in [3.63, 3.8) is 0 Å². The highest BCUT2D eigenvalue weighted by Gasteiger charge is 2.11. The first-order valence-electron chi connectivity index (χ1n) is 6.98. The summed E-state index contributed by atoms with van der Waals surface area (Å²) >= 11 is 0. The SMILES string of the molecule is O=c1c2cnn(-c3ccccc3)c2ncn1CCOCCO. The minimum atomic E-state index is -0.153. The highest BCUT2D eigenvalue weighted by molar-refractivity contribution is 5.74. The number of fused-ring (bicyclic) bond motifs is 1. The second-order valence-electron chi connectivity index (χ2n) is 4.71. The molecule has 3 aromatic rings. The van der Waals surface area contributed by atoms with Crippen molar-refractivity contribution in [2.24, 2.45) is 0 Å². The van der Waals surface area contributed by atoms with E-state index in [9.17, 15) is 4.79 Å². The molecule has 0 aliphatic rings. The minimum absolute atomic E-state index is 0.0317. The maximum atomic E-state index is 12.4. The van der Waals surface area contributed by atoms with Crippen LogP contribution in [0, 0.1) is 0 Å². The summed E-state index contributed by atoms with van der Waals surface area (Å²) in [5.41, 5.74) is 1.23. The molecule has 2 heterocycles. The van der Waals surface area contributed by atoms with Gasteiger partial charge in [-0.25, -0.2) is 9.67 Å². The van der Waals surface area contributed by atoms with E-state index in [4.69, 9.17) is 9.84 Å². The molecule has 0 bridgehead atoms. The van der Waals surface area contributed by atoms with Crippen LogP contribution in [0.3, 0.4) is 0 Å². The molecule has 1 N–H and O–H groups in total. The highest BCUT2D eigenvalue weighted by Crippen LogP contribution is 2.12. The van der Waals surface area contributed by atoms with Crippen LogP contribution in [0.4, 0.5) is 0 Å². The molecule has 7 heteroatoms. The van der Waals surface area contributed by atoms with E-state index >= 15 is 0 Å². The Balaban J connectivity index is 1.91. The van der Waals surface area contributed by atoms with Crippen molar-refractivity contribution in [2.75, 3.05) is 19.8 Å². The molecule has 7 nitrogen and oxygen atoms in total. The Bertz CT molecular complexity index is 811. The largest absolute Gasteiger partial charge is 0.394 e. The molecule has 0 aliphatic heterocycles. The van der Waals surface area contributed by atoms with Crippen LogP contribution < -0.4 is 5.56 Å². The number of aliphatic hydroxyl groups is 1. The predicted molar refractivity (Wildman–Crippen MR) is 81.0 cm³/mol. The van der Waals surface area contributed by atoms with E-state index in [2.05, 4.69) is 10.1 Å². The lowest BCUT2D eigenvalue weighted by Gasteiger charge is -2.06. The number of aliphatic hydroxyl groups excluding tert-OH is 1. The van der Waals surface area contributed by atoms with Crippen LogP contribution in [0.2, 0.25) is 0 Å². The molecule has 0 unspecified atom stereocenters. The van der Waals surface area contributed by atoms with Crippen LogP contribution >= 0.6 is 0 Å². The number of para-hydroxylation sites is 1. The molecule has 0 fully saturated rings. The van der Waals surface area contributed by atoms with E-state index in [1.807, 2.05) is 30.3 Å². The van der Waals surface area contributed by atoms with E-state index in [1.165, 1.54) is 17.1 Å². The van der Waals surface area contributed by atoms with Crippen LogP contribution in [0.15, 0.2) is 47.7 Å². The van der Waals surface area contributed by atoms with Crippen molar-refractivity contribution in [3.8, 4) is 5.69 Å². The van der Waals surface area contributed by atoms with Crippen LogP contribution in [0.5, 0.6) is 0 Å². The Morgan fingerprint density at radius 1 is 1.18 bits per heavy atom. The summed E-state index contributed by atoms with van der Waals surface area (Å²) in [6.07, 6.45) is 3.02. The smallest absolute Gasteiger partial charge is 0.264 e. The number of hydrogen-bond donors (Lipinski definition) is 1. The number of rotatable bonds is 6. The normalized spacial score (nSPS) is 11.1. The van der Waals surface area contributed by atoms with Crippen LogP contribution in [-0.2, 0) is 11.3 Å². The lowest BCUT2D eigenvalue weighted by Crippen LogP contribution is -2.23. The summed E-state index contributed by atoms with van der Waals surface area (Å²) < 4.78 is 8.30. The Labute approximate surface area is 126 Å². The number of hydrogen-bond acceptors (Lipinski definition) is 5. The van der Waals surface area contributed by atoms with Gasteiger partial charge in [-0.1, -0.05) is 18.2 Å². The van der Waals surface area contributed by atoms with Crippen LogP contribution in [0.1, 0.15) is 0 Å². The molecule has 0 aliphatic carbocycles. The van der Waals surface area contributed by atoms with Gasteiger partial charge >= 0.3 is 0 Å². The summed E-state index contributed by atoms with van der Waals surface area (Å²) in [6, 6.07) is 9.54. The molecule has 0 atom stereocenters. The van der Waals surface area contributed by atoms with Crippen LogP contribution in [0.25, 0.3) is 16.7 Å². The highest BCUT2D eigenvalue weighted by atomic mass is 16.5. The zero-order valence-electron chi connectivity index (χ0n) is 11.9. The van der Waals surface area contributed by atoms with Gasteiger partial charge in [0, 0.05) is 0 Å². The van der Waals surface area contributed by atoms with E-state index in [0.717, 1.165) is 5.69 Å². The number of ether oxygens (including phenoxy) is 1. The Kier molecular flexibility index (Phi) is 4.27. The van der Waals surface area contributed by atoms with Crippen molar-refractivity contribution in [2.45, 2.75) is 6.54 Å². The van der Waals surface area contributed by atoms with Gasteiger partial charge in [0.15, 0.2) is 5.65 Å². The van der Waals surface area contributed by atoms with Crippen molar-refractivity contribution < 1.29 is 9.84 Å². The van der Waals surface area contributed by atoms with E-state index in [0.29, 0.717) is 24.2 Å². The van der Waals surface area contributed by atoms with Crippen molar-refractivity contribution in [1.29, 1.82) is 0 Å². The van der Waals surface area contributed by atoms with Gasteiger partial charge in [0.05, 0.1) is 38.2 Å². The Morgan fingerprint density at radius 2 is 2.00 bits per heavy atom. The van der Waals surface area contributed by atoms with Crippen molar-refractivity contribution in [3.05, 3.63) is 53.2 Å². The van der Waals surface area contributed by atoms with Gasteiger partial charge in [-0.2, -0.15) is 5.10 Å². The molecule has 0 radical (unpaired) electrons. The van der Waals surface area contributed by atoms with Gasteiger partial charge < -0.3 is 9.84 Å². The number of nitrogens with zero attached hydrogens (tertiary/aromatic N) is 4. The number of aromatic nitrogens is 4. The zero-order chi connectivity index (χ0) is 15.4. The average Bonchev–Trinajstić information content (AvgIpc) is 2.99. The molecule has 114 valence electrons. The zero-order valence-corrected chi connectivity index (χ0v) is 11.9. The molecule has 2 aromatic heterocycles. The summed E-state index contributed by atoms with van der Waals surface area (Å²) in [5, 5.41) is 13.4. The van der Waals surface area contributed by atoms with E-state index in [1.54, 1.807) is 4.68 Å². The molecule has 3 rings (SSSR count). The fourth-order valence-electron chi connectivity index (χ4n) is 2.20. The third-order valence-electron chi connectivity index (χ3n) is 3.27. The van der Waals surface area contributed by atoms with Gasteiger partial charge in [0.2, 0.25) is 0 Å². The first-order valence-corrected chi connectivity index (χ1v) is 6.98. The molecule has 0 saturated heterocycles. The topological polar surface area (TPSA) is 82.2 Å². The summed E-state index contributed by atoms with van der Waals surface area (Å²) in [6.45, 7) is 0.963. The monoisotopic (exact) mass is 300 g/mol. The fourth-order valence-corrected chi connectivity index (χ4v) is 2.20. The first-order chi connectivity index (χ1) is 10.8. The molecular formula is C15H16N4O3. The third kappa shape index (κ3) is 2.76. The molecule has 0 amide bonds. The summed E-state index contributed by atoms with van der Waals surface area (Å²) in [5.74, 6) is 0. The molecule has 22 heavy (non-hydrogen) atoms. The maximum Gasteiger partial charge on any atom is 0.264 e. The summed E-state index contributed by atoms with van der Waals surface area (Å²) in [4.78, 5) is 16.7. The van der Waals surface area contributed by atoms with Gasteiger partial charge in [-0.3, -0.25) is 9.36 Å². The van der Waals surface area contributed by atoms with E-state index < -0.39 is 0 Å². The average molecular weight is 300 g/mol.